The molecule has 3 heterocycles. The van der Waals surface area contributed by atoms with Crippen LogP contribution >= 0.6 is 11.6 Å². The summed E-state index contributed by atoms with van der Waals surface area (Å²) in [5.41, 5.74) is -0.0172. The van der Waals surface area contributed by atoms with E-state index in [0.717, 1.165) is 12.1 Å². The van der Waals surface area contributed by atoms with Gasteiger partial charge in [-0.1, -0.05) is 23.7 Å². The van der Waals surface area contributed by atoms with Gasteiger partial charge >= 0.3 is 12.3 Å². The first-order chi connectivity index (χ1) is 16.9. The van der Waals surface area contributed by atoms with Gasteiger partial charge in [-0.2, -0.15) is 18.3 Å². The third-order valence-electron chi connectivity index (χ3n) is 4.73. The number of alkyl halides is 3. The molecule has 0 saturated carbocycles. The Morgan fingerprint density at radius 1 is 1.03 bits per heavy atom. The van der Waals surface area contributed by atoms with Gasteiger partial charge in [-0.05, 0) is 62.7 Å². The Bertz CT molecular complexity index is 1400. The van der Waals surface area contributed by atoms with Gasteiger partial charge in [0.05, 0.1) is 5.56 Å². The number of ether oxygens (including phenoxy) is 1. The van der Waals surface area contributed by atoms with Crippen molar-refractivity contribution in [3.05, 3.63) is 71.6 Å². The van der Waals surface area contributed by atoms with E-state index in [0.29, 0.717) is 16.9 Å². The lowest BCUT2D eigenvalue weighted by molar-refractivity contribution is -0.137. The van der Waals surface area contributed by atoms with E-state index >= 15 is 0 Å². The number of aromatic nitrogens is 5. The predicted octanol–water partition coefficient (Wildman–Crippen LogP) is 6.41. The third kappa shape index (κ3) is 5.98. The van der Waals surface area contributed by atoms with Crippen LogP contribution in [0.15, 0.2) is 60.9 Å². The second-order valence-electron chi connectivity index (χ2n) is 8.69. The highest BCUT2D eigenvalue weighted by Crippen LogP contribution is 2.36. The zero-order valence-electron chi connectivity index (χ0n) is 19.3. The second kappa shape index (κ2) is 9.57. The zero-order chi connectivity index (χ0) is 26.1. The summed E-state index contributed by atoms with van der Waals surface area (Å²) in [6.07, 6.45) is -2.17. The Hall–Kier alpha value is -3.99. The van der Waals surface area contributed by atoms with E-state index in [1.165, 1.54) is 29.1 Å². The maximum Gasteiger partial charge on any atom is 0.416 e. The molecule has 0 aliphatic carbocycles. The van der Waals surface area contributed by atoms with Crippen LogP contribution in [0.2, 0.25) is 5.15 Å². The lowest BCUT2D eigenvalue weighted by Gasteiger charge is -2.19. The SMILES string of the molecule is CC(C)(C)OC(=O)Nc1cc(-c2cn(-c3ccc(Cl)nn3)nc2-c2cccc(C(F)(F)F)c2)ccn1. The van der Waals surface area contributed by atoms with Crippen LogP contribution in [0.1, 0.15) is 26.3 Å². The van der Waals surface area contributed by atoms with Crippen molar-refractivity contribution in [1.82, 2.24) is 25.0 Å². The van der Waals surface area contributed by atoms with Crippen molar-refractivity contribution in [2.75, 3.05) is 5.32 Å². The summed E-state index contributed by atoms with van der Waals surface area (Å²) < 4.78 is 46.8. The Kier molecular flexibility index (Phi) is 6.68. The Morgan fingerprint density at radius 2 is 1.81 bits per heavy atom. The quantitative estimate of drug-likeness (QED) is 0.337. The number of nitrogens with zero attached hydrogens (tertiary/aromatic N) is 5. The molecule has 0 fully saturated rings. The third-order valence-corrected chi connectivity index (χ3v) is 4.93. The molecule has 0 unspecified atom stereocenters. The van der Waals surface area contributed by atoms with Crippen LogP contribution in [0.25, 0.3) is 28.2 Å². The van der Waals surface area contributed by atoms with Gasteiger partial charge in [0.1, 0.15) is 17.1 Å². The number of amides is 1. The normalized spacial score (nSPS) is 11.9. The molecule has 0 saturated heterocycles. The van der Waals surface area contributed by atoms with Gasteiger partial charge in [-0.15, -0.1) is 10.2 Å². The molecular weight excluding hydrogens is 497 g/mol. The number of carbonyl (C=O) groups is 1. The van der Waals surface area contributed by atoms with Gasteiger partial charge in [-0.3, -0.25) is 5.32 Å². The first kappa shape index (κ1) is 25.1. The highest BCUT2D eigenvalue weighted by Gasteiger charge is 2.31. The van der Waals surface area contributed by atoms with Crippen LogP contribution in [0, 0.1) is 0 Å². The van der Waals surface area contributed by atoms with Gasteiger partial charge in [0.15, 0.2) is 11.0 Å². The summed E-state index contributed by atoms with van der Waals surface area (Å²) in [6, 6.07) is 11.1. The molecule has 0 bridgehead atoms. The molecule has 0 radical (unpaired) electrons. The highest BCUT2D eigenvalue weighted by atomic mass is 35.5. The van der Waals surface area contributed by atoms with E-state index < -0.39 is 23.4 Å². The summed E-state index contributed by atoms with van der Waals surface area (Å²) >= 11 is 5.83. The van der Waals surface area contributed by atoms with Gasteiger partial charge in [-0.25, -0.2) is 14.5 Å². The molecule has 0 aliphatic rings. The Labute approximate surface area is 209 Å². The molecule has 3 aromatic heterocycles. The summed E-state index contributed by atoms with van der Waals surface area (Å²) in [4.78, 5) is 16.3. The average molecular weight is 517 g/mol. The number of anilines is 1. The Balaban J connectivity index is 1.80. The number of nitrogens with one attached hydrogen (secondary N) is 1. The molecule has 4 aromatic rings. The maximum absolute atomic E-state index is 13.4. The predicted molar refractivity (Wildman–Crippen MR) is 128 cm³/mol. The van der Waals surface area contributed by atoms with Crippen molar-refractivity contribution < 1.29 is 22.7 Å². The number of carbonyl (C=O) groups excluding carboxylic acids is 1. The molecule has 12 heteroatoms. The topological polar surface area (TPSA) is 94.8 Å². The molecule has 1 N–H and O–H groups in total. The van der Waals surface area contributed by atoms with Crippen LogP contribution in [0.5, 0.6) is 0 Å². The molecule has 0 aliphatic heterocycles. The first-order valence-corrected chi connectivity index (χ1v) is 11.0. The van der Waals surface area contributed by atoms with E-state index in [2.05, 4.69) is 25.6 Å². The lowest BCUT2D eigenvalue weighted by atomic mass is 10.0. The minimum Gasteiger partial charge on any atom is -0.444 e. The van der Waals surface area contributed by atoms with Crippen LogP contribution in [0.3, 0.4) is 0 Å². The fraction of sp³-hybridized carbons (Fsp3) is 0.208. The highest BCUT2D eigenvalue weighted by molar-refractivity contribution is 6.29. The summed E-state index contributed by atoms with van der Waals surface area (Å²) in [7, 11) is 0. The molecule has 1 amide bonds. The van der Waals surface area contributed by atoms with E-state index in [1.54, 1.807) is 45.2 Å². The van der Waals surface area contributed by atoms with Crippen molar-refractivity contribution in [2.45, 2.75) is 32.5 Å². The second-order valence-corrected chi connectivity index (χ2v) is 9.07. The standard InChI is InChI=1S/C24H20ClF3N6O2/c1-23(2,3)36-22(35)30-19-12-14(9-10-29-19)17-13-34(20-8-7-18(25)31-32-20)33-21(17)15-5-4-6-16(11-15)24(26,27)28/h4-13H,1-3H3,(H,29,30,35). The lowest BCUT2D eigenvalue weighted by Crippen LogP contribution is -2.27. The number of pyridine rings is 1. The van der Waals surface area contributed by atoms with Crippen LogP contribution in [0.4, 0.5) is 23.8 Å². The first-order valence-electron chi connectivity index (χ1n) is 10.6. The summed E-state index contributed by atoms with van der Waals surface area (Å²) in [6.45, 7) is 5.18. The largest absolute Gasteiger partial charge is 0.444 e. The minimum absolute atomic E-state index is 0.177. The smallest absolute Gasteiger partial charge is 0.416 e. The van der Waals surface area contributed by atoms with E-state index in [-0.39, 0.29) is 22.2 Å². The van der Waals surface area contributed by atoms with Crippen molar-refractivity contribution in [3.8, 4) is 28.2 Å². The van der Waals surface area contributed by atoms with E-state index in [1.807, 2.05) is 0 Å². The number of hydrogen-bond acceptors (Lipinski definition) is 6. The number of halogens is 4. The van der Waals surface area contributed by atoms with E-state index in [9.17, 15) is 18.0 Å². The van der Waals surface area contributed by atoms with Gasteiger partial charge in [0, 0.05) is 23.5 Å². The minimum atomic E-state index is -4.53. The molecule has 1 aromatic carbocycles. The number of benzene rings is 1. The number of rotatable bonds is 4. The van der Waals surface area contributed by atoms with Crippen molar-refractivity contribution in [2.24, 2.45) is 0 Å². The summed E-state index contributed by atoms with van der Waals surface area (Å²) in [5.74, 6) is 0.496. The fourth-order valence-electron chi connectivity index (χ4n) is 3.26. The molecule has 36 heavy (non-hydrogen) atoms. The van der Waals surface area contributed by atoms with Crippen LogP contribution in [-0.2, 0) is 10.9 Å². The molecule has 186 valence electrons. The van der Waals surface area contributed by atoms with Crippen molar-refractivity contribution >= 4 is 23.5 Å². The van der Waals surface area contributed by atoms with Gasteiger partial charge in [0.25, 0.3) is 0 Å². The molecule has 4 rings (SSSR count). The Morgan fingerprint density at radius 3 is 2.47 bits per heavy atom. The number of hydrogen-bond donors (Lipinski definition) is 1. The van der Waals surface area contributed by atoms with Gasteiger partial charge < -0.3 is 4.74 Å². The zero-order valence-corrected chi connectivity index (χ0v) is 20.1. The molecule has 0 atom stereocenters. The van der Waals surface area contributed by atoms with Crippen molar-refractivity contribution in [1.29, 1.82) is 0 Å². The van der Waals surface area contributed by atoms with Crippen LogP contribution < -0.4 is 5.32 Å². The monoisotopic (exact) mass is 516 g/mol. The average Bonchev–Trinajstić information content (AvgIpc) is 3.23. The van der Waals surface area contributed by atoms with E-state index in [4.69, 9.17) is 16.3 Å². The van der Waals surface area contributed by atoms with Crippen molar-refractivity contribution in [3.63, 3.8) is 0 Å². The maximum atomic E-state index is 13.4. The molecule has 0 spiro atoms. The van der Waals surface area contributed by atoms with Crippen LogP contribution in [-0.4, -0.2) is 36.7 Å². The molecule has 8 nitrogen and oxygen atoms in total. The molecular formula is C24H20ClF3N6O2. The van der Waals surface area contributed by atoms with Gasteiger partial charge in [0.2, 0.25) is 0 Å². The summed E-state index contributed by atoms with van der Waals surface area (Å²) in [5, 5.41) is 15.0. The fourth-order valence-corrected chi connectivity index (χ4v) is 3.37.